The van der Waals surface area contributed by atoms with E-state index in [1.165, 1.54) is 32.1 Å². The molecule has 1 aliphatic rings. The molecule has 0 N–H and O–H groups in total. The third-order valence-corrected chi connectivity index (χ3v) is 8.21. The summed E-state index contributed by atoms with van der Waals surface area (Å²) in [6.45, 7) is 3.82. The van der Waals surface area contributed by atoms with Crippen LogP contribution in [0.4, 0.5) is 35.1 Å². The van der Waals surface area contributed by atoms with Gasteiger partial charge in [0.25, 0.3) is 0 Å². The van der Waals surface area contributed by atoms with Crippen LogP contribution in [0.1, 0.15) is 109 Å². The molecule has 1 fully saturated rings. The van der Waals surface area contributed by atoms with E-state index in [-0.39, 0.29) is 6.42 Å². The van der Waals surface area contributed by atoms with Gasteiger partial charge in [-0.1, -0.05) is 71.6 Å². The number of benzene rings is 2. The second-order valence-corrected chi connectivity index (χ2v) is 11.2. The largest absolute Gasteiger partial charge is 0.420 e. The summed E-state index contributed by atoms with van der Waals surface area (Å²) in [5.74, 6) is -20.6. The molecule has 2 aromatic rings. The Bertz CT molecular complexity index is 1180. The second-order valence-electron chi connectivity index (χ2n) is 11.2. The van der Waals surface area contributed by atoms with E-state index < -0.39 is 87.3 Å². The van der Waals surface area contributed by atoms with Gasteiger partial charge in [-0.25, -0.2) is 26.3 Å². The standard InChI is InChI=1S/C32H38F8O2/c1-3-5-7-8-9-10-11-12-18-14-16-19(17-15-18)32(41)42-31-29(39)27(37)22(28(38)30(31)40)21-25(35)23(33)20(13-6-4-2)24(34)26(21)36/h18-19H,3-17H2,1-2H3. The lowest BCUT2D eigenvalue weighted by atomic mass is 9.79. The van der Waals surface area contributed by atoms with E-state index in [0.717, 1.165) is 19.3 Å². The number of ether oxygens (including phenoxy) is 1. The predicted molar refractivity (Wildman–Crippen MR) is 144 cm³/mol. The quantitative estimate of drug-likeness (QED) is 0.0703. The molecule has 0 aliphatic heterocycles. The van der Waals surface area contributed by atoms with Crippen LogP contribution in [0.5, 0.6) is 5.75 Å². The summed E-state index contributed by atoms with van der Waals surface area (Å²) in [5, 5.41) is 0. The fraction of sp³-hybridized carbons (Fsp3) is 0.594. The fourth-order valence-corrected chi connectivity index (χ4v) is 5.65. The van der Waals surface area contributed by atoms with Gasteiger partial charge < -0.3 is 4.74 Å². The van der Waals surface area contributed by atoms with Crippen LogP contribution in [-0.2, 0) is 11.2 Å². The van der Waals surface area contributed by atoms with E-state index in [2.05, 4.69) is 6.92 Å². The van der Waals surface area contributed by atoms with Gasteiger partial charge in [-0.2, -0.15) is 8.78 Å². The molecule has 0 saturated heterocycles. The van der Waals surface area contributed by atoms with Crippen molar-refractivity contribution >= 4 is 5.97 Å². The Balaban J connectivity index is 1.72. The molecule has 0 unspecified atom stereocenters. The molecule has 0 amide bonds. The van der Waals surface area contributed by atoms with E-state index in [1.54, 1.807) is 6.92 Å². The van der Waals surface area contributed by atoms with Crippen molar-refractivity contribution in [2.24, 2.45) is 11.8 Å². The van der Waals surface area contributed by atoms with E-state index >= 15 is 0 Å². The molecule has 2 nitrogen and oxygen atoms in total. The zero-order chi connectivity index (χ0) is 31.0. The molecular formula is C32H38F8O2. The number of rotatable bonds is 14. The summed E-state index contributed by atoms with van der Waals surface area (Å²) in [6.07, 6.45) is 11.5. The Morgan fingerprint density at radius 2 is 1.05 bits per heavy atom. The average molecular weight is 607 g/mol. The topological polar surface area (TPSA) is 26.3 Å². The number of halogens is 8. The Kier molecular flexibility index (Phi) is 12.7. The molecule has 0 bridgehead atoms. The van der Waals surface area contributed by atoms with Gasteiger partial charge in [-0.15, -0.1) is 0 Å². The van der Waals surface area contributed by atoms with Crippen molar-refractivity contribution in [1.82, 2.24) is 0 Å². The number of carbonyl (C=O) groups is 1. The van der Waals surface area contributed by atoms with Gasteiger partial charge in [0, 0.05) is 5.56 Å². The predicted octanol–water partition coefficient (Wildman–Crippen LogP) is 10.7. The molecule has 1 saturated carbocycles. The molecule has 0 radical (unpaired) electrons. The summed E-state index contributed by atoms with van der Waals surface area (Å²) >= 11 is 0. The highest BCUT2D eigenvalue weighted by Gasteiger charge is 2.36. The van der Waals surface area contributed by atoms with Crippen LogP contribution in [0.25, 0.3) is 11.1 Å². The van der Waals surface area contributed by atoms with Gasteiger partial charge in [-0.05, 0) is 44.4 Å². The van der Waals surface area contributed by atoms with Crippen LogP contribution >= 0.6 is 0 Å². The van der Waals surface area contributed by atoms with Gasteiger partial charge in [0.2, 0.25) is 17.4 Å². The molecule has 2 aromatic carbocycles. The van der Waals surface area contributed by atoms with E-state index in [1.807, 2.05) is 0 Å². The lowest BCUT2D eigenvalue weighted by Gasteiger charge is -2.27. The first kappa shape index (κ1) is 33.8. The smallest absolute Gasteiger partial charge is 0.314 e. The molecule has 0 spiro atoms. The number of hydrogen-bond acceptors (Lipinski definition) is 2. The van der Waals surface area contributed by atoms with Crippen molar-refractivity contribution in [3.8, 4) is 16.9 Å². The third-order valence-electron chi connectivity index (χ3n) is 8.21. The molecule has 10 heteroatoms. The molecule has 1 aliphatic carbocycles. The zero-order valence-electron chi connectivity index (χ0n) is 24.1. The van der Waals surface area contributed by atoms with Gasteiger partial charge >= 0.3 is 5.97 Å². The van der Waals surface area contributed by atoms with Crippen molar-refractivity contribution in [1.29, 1.82) is 0 Å². The Labute approximate surface area is 241 Å². The molecule has 0 atom stereocenters. The van der Waals surface area contributed by atoms with Gasteiger partial charge in [-0.3, -0.25) is 4.79 Å². The maximum absolute atomic E-state index is 14.9. The van der Waals surface area contributed by atoms with Crippen molar-refractivity contribution in [2.45, 2.75) is 110 Å². The minimum atomic E-state index is -2.35. The van der Waals surface area contributed by atoms with Crippen LogP contribution in [0.15, 0.2) is 0 Å². The Morgan fingerprint density at radius 1 is 0.595 bits per heavy atom. The monoisotopic (exact) mass is 606 g/mol. The molecule has 0 heterocycles. The zero-order valence-corrected chi connectivity index (χ0v) is 24.1. The summed E-state index contributed by atoms with van der Waals surface area (Å²) in [6, 6.07) is 0. The van der Waals surface area contributed by atoms with Gasteiger partial charge in [0.05, 0.1) is 17.0 Å². The molecule has 3 rings (SSSR count). The minimum absolute atomic E-state index is 0.152. The summed E-state index contributed by atoms with van der Waals surface area (Å²) in [7, 11) is 0. The van der Waals surface area contributed by atoms with E-state index in [0.29, 0.717) is 38.0 Å². The van der Waals surface area contributed by atoms with Gasteiger partial charge in [0.15, 0.2) is 34.9 Å². The SMILES string of the molecule is CCCCCCCCCC1CCC(C(=O)Oc2c(F)c(F)c(-c3c(F)c(F)c(CCCC)c(F)c3F)c(F)c2F)CC1. The highest BCUT2D eigenvalue weighted by atomic mass is 19.2. The molecule has 0 aromatic heterocycles. The summed E-state index contributed by atoms with van der Waals surface area (Å²) in [5.41, 5.74) is -4.90. The van der Waals surface area contributed by atoms with Crippen LogP contribution in [0.3, 0.4) is 0 Å². The van der Waals surface area contributed by atoms with Crippen LogP contribution < -0.4 is 4.74 Å². The van der Waals surface area contributed by atoms with Crippen molar-refractivity contribution in [2.75, 3.05) is 0 Å². The normalized spacial score (nSPS) is 17.1. The van der Waals surface area contributed by atoms with E-state index in [4.69, 9.17) is 4.74 Å². The molecule has 42 heavy (non-hydrogen) atoms. The minimum Gasteiger partial charge on any atom is -0.420 e. The number of unbranched alkanes of at least 4 members (excludes halogenated alkanes) is 7. The average Bonchev–Trinajstić information content (AvgIpc) is 2.98. The number of esters is 1. The van der Waals surface area contributed by atoms with E-state index in [9.17, 15) is 39.9 Å². The van der Waals surface area contributed by atoms with Crippen LogP contribution in [-0.4, -0.2) is 5.97 Å². The Morgan fingerprint density at radius 3 is 1.55 bits per heavy atom. The first-order valence-corrected chi connectivity index (χ1v) is 15.0. The number of carbonyl (C=O) groups excluding carboxylic acids is 1. The highest BCUT2D eigenvalue weighted by molar-refractivity contribution is 5.76. The van der Waals surface area contributed by atoms with Crippen LogP contribution in [0, 0.1) is 58.4 Å². The first-order valence-electron chi connectivity index (χ1n) is 15.0. The molecule has 234 valence electrons. The first-order chi connectivity index (χ1) is 20.0. The van der Waals surface area contributed by atoms with Crippen molar-refractivity contribution in [3.63, 3.8) is 0 Å². The number of hydrogen-bond donors (Lipinski definition) is 0. The lowest BCUT2D eigenvalue weighted by Crippen LogP contribution is -2.26. The fourth-order valence-electron chi connectivity index (χ4n) is 5.65. The third kappa shape index (κ3) is 7.64. The molecular weight excluding hydrogens is 568 g/mol. The van der Waals surface area contributed by atoms with Crippen molar-refractivity contribution < 1.29 is 44.7 Å². The Hall–Kier alpha value is -2.65. The summed E-state index contributed by atoms with van der Waals surface area (Å²) < 4.78 is 123. The van der Waals surface area contributed by atoms with Crippen molar-refractivity contribution in [3.05, 3.63) is 52.1 Å². The van der Waals surface area contributed by atoms with Crippen LogP contribution in [0.2, 0.25) is 0 Å². The maximum Gasteiger partial charge on any atom is 0.314 e. The maximum atomic E-state index is 14.9. The second kappa shape index (κ2) is 15.7. The highest BCUT2D eigenvalue weighted by Crippen LogP contribution is 2.41. The summed E-state index contributed by atoms with van der Waals surface area (Å²) in [4.78, 5) is 12.6. The lowest BCUT2D eigenvalue weighted by molar-refractivity contribution is -0.140. The van der Waals surface area contributed by atoms with Gasteiger partial charge in [0.1, 0.15) is 0 Å².